The average Bonchev–Trinajstić information content (AvgIpc) is 2.85. The fourth-order valence-corrected chi connectivity index (χ4v) is 3.57. The highest BCUT2D eigenvalue weighted by Gasteiger charge is 2.18. The third kappa shape index (κ3) is 3.62. The van der Waals surface area contributed by atoms with E-state index in [4.69, 9.17) is 0 Å². The van der Waals surface area contributed by atoms with Gasteiger partial charge in [0.1, 0.15) is 5.75 Å². The molecule has 0 aliphatic heterocycles. The number of halogens is 1. The standard InChI is InChI=1S/C16H20BrNOS/c1-4-14(13-9-12(17)6-7-15(13)19)18-11(3)16-8-5-10(2)20-16/h5-9,11,14,18-19H,4H2,1-3H3. The molecule has 0 amide bonds. The molecule has 2 N–H and O–H groups in total. The lowest BCUT2D eigenvalue weighted by Gasteiger charge is -2.23. The van der Waals surface area contributed by atoms with Gasteiger partial charge in [-0.15, -0.1) is 11.3 Å². The molecule has 108 valence electrons. The molecule has 2 aromatic rings. The van der Waals surface area contributed by atoms with Crippen molar-refractivity contribution in [3.63, 3.8) is 0 Å². The highest BCUT2D eigenvalue weighted by atomic mass is 79.9. The van der Waals surface area contributed by atoms with Crippen molar-refractivity contribution >= 4 is 27.3 Å². The molecule has 1 heterocycles. The Hall–Kier alpha value is -0.840. The van der Waals surface area contributed by atoms with Gasteiger partial charge in [-0.05, 0) is 50.6 Å². The van der Waals surface area contributed by atoms with Crippen molar-refractivity contribution in [3.05, 3.63) is 50.1 Å². The van der Waals surface area contributed by atoms with Gasteiger partial charge in [-0.3, -0.25) is 0 Å². The number of hydrogen-bond acceptors (Lipinski definition) is 3. The zero-order valence-corrected chi connectivity index (χ0v) is 14.4. The highest BCUT2D eigenvalue weighted by molar-refractivity contribution is 9.10. The number of thiophene rings is 1. The second-order valence-corrected chi connectivity index (χ2v) is 7.24. The number of phenols is 1. The van der Waals surface area contributed by atoms with Crippen LogP contribution in [0.25, 0.3) is 0 Å². The third-order valence-electron chi connectivity index (χ3n) is 3.41. The van der Waals surface area contributed by atoms with Gasteiger partial charge in [0.25, 0.3) is 0 Å². The number of nitrogens with one attached hydrogen (secondary N) is 1. The molecule has 0 aliphatic carbocycles. The van der Waals surface area contributed by atoms with E-state index in [2.05, 4.69) is 54.2 Å². The quantitative estimate of drug-likeness (QED) is 0.761. The van der Waals surface area contributed by atoms with Gasteiger partial charge in [0.05, 0.1) is 0 Å². The maximum atomic E-state index is 10.1. The van der Waals surface area contributed by atoms with E-state index in [1.807, 2.05) is 23.5 Å². The lowest BCUT2D eigenvalue weighted by atomic mass is 10.0. The van der Waals surface area contributed by atoms with Crippen LogP contribution in [-0.2, 0) is 0 Å². The van der Waals surface area contributed by atoms with Crippen molar-refractivity contribution in [2.45, 2.75) is 39.3 Å². The molecule has 1 aromatic heterocycles. The zero-order valence-electron chi connectivity index (χ0n) is 12.0. The first-order valence-electron chi connectivity index (χ1n) is 6.82. The van der Waals surface area contributed by atoms with Crippen LogP contribution in [0.2, 0.25) is 0 Å². The minimum atomic E-state index is 0.143. The van der Waals surface area contributed by atoms with E-state index >= 15 is 0 Å². The van der Waals surface area contributed by atoms with Gasteiger partial charge in [0.15, 0.2) is 0 Å². The molecule has 2 rings (SSSR count). The van der Waals surface area contributed by atoms with Gasteiger partial charge in [0.2, 0.25) is 0 Å². The molecule has 0 saturated heterocycles. The van der Waals surface area contributed by atoms with Gasteiger partial charge < -0.3 is 10.4 Å². The molecular formula is C16H20BrNOS. The highest BCUT2D eigenvalue weighted by Crippen LogP contribution is 2.32. The lowest BCUT2D eigenvalue weighted by molar-refractivity contribution is 0.421. The van der Waals surface area contributed by atoms with Crippen molar-refractivity contribution in [2.24, 2.45) is 0 Å². The SMILES string of the molecule is CCC(NC(C)c1ccc(C)s1)c1cc(Br)ccc1O. The molecule has 0 fully saturated rings. The summed E-state index contributed by atoms with van der Waals surface area (Å²) in [7, 11) is 0. The van der Waals surface area contributed by atoms with Crippen LogP contribution in [-0.4, -0.2) is 5.11 Å². The van der Waals surface area contributed by atoms with E-state index in [0.29, 0.717) is 5.75 Å². The van der Waals surface area contributed by atoms with E-state index in [1.165, 1.54) is 9.75 Å². The van der Waals surface area contributed by atoms with Crippen molar-refractivity contribution in [1.29, 1.82) is 0 Å². The Balaban J connectivity index is 2.18. The van der Waals surface area contributed by atoms with Gasteiger partial charge >= 0.3 is 0 Å². The summed E-state index contributed by atoms with van der Waals surface area (Å²) in [6, 6.07) is 10.3. The van der Waals surface area contributed by atoms with Crippen LogP contribution < -0.4 is 5.32 Å². The minimum absolute atomic E-state index is 0.143. The molecule has 0 radical (unpaired) electrons. The average molecular weight is 354 g/mol. The number of aromatic hydroxyl groups is 1. The molecule has 0 aliphatic rings. The summed E-state index contributed by atoms with van der Waals surface area (Å²) in [5.41, 5.74) is 0.946. The third-order valence-corrected chi connectivity index (χ3v) is 5.09. The molecule has 2 nitrogen and oxygen atoms in total. The Labute approximate surface area is 133 Å². The van der Waals surface area contributed by atoms with E-state index in [-0.39, 0.29) is 12.1 Å². The Morgan fingerprint density at radius 1 is 1.30 bits per heavy atom. The first kappa shape index (κ1) is 15.5. The van der Waals surface area contributed by atoms with Crippen LogP contribution in [0.4, 0.5) is 0 Å². The molecule has 2 atom stereocenters. The van der Waals surface area contributed by atoms with Crippen molar-refractivity contribution in [3.8, 4) is 5.75 Å². The molecule has 2 unspecified atom stereocenters. The molecule has 0 saturated carbocycles. The smallest absolute Gasteiger partial charge is 0.120 e. The molecule has 1 aromatic carbocycles. The largest absolute Gasteiger partial charge is 0.508 e. The summed E-state index contributed by atoms with van der Waals surface area (Å²) in [6.45, 7) is 6.42. The Bertz CT molecular complexity index is 582. The number of rotatable bonds is 5. The Kier molecular flexibility index (Phi) is 5.24. The van der Waals surface area contributed by atoms with E-state index in [9.17, 15) is 5.11 Å². The monoisotopic (exact) mass is 353 g/mol. The summed E-state index contributed by atoms with van der Waals surface area (Å²) in [5, 5.41) is 13.7. The van der Waals surface area contributed by atoms with E-state index < -0.39 is 0 Å². The van der Waals surface area contributed by atoms with Gasteiger partial charge in [-0.1, -0.05) is 22.9 Å². The van der Waals surface area contributed by atoms with Gasteiger partial charge in [0, 0.05) is 31.9 Å². The van der Waals surface area contributed by atoms with Crippen LogP contribution >= 0.6 is 27.3 Å². The van der Waals surface area contributed by atoms with Crippen molar-refractivity contribution in [1.82, 2.24) is 5.32 Å². The Morgan fingerprint density at radius 2 is 2.05 bits per heavy atom. The predicted octanol–water partition coefficient (Wildman–Crippen LogP) is 5.33. The van der Waals surface area contributed by atoms with E-state index in [1.54, 1.807) is 6.07 Å². The van der Waals surface area contributed by atoms with Crippen LogP contribution in [0.15, 0.2) is 34.8 Å². The normalized spacial score (nSPS) is 14.2. The van der Waals surface area contributed by atoms with Crippen LogP contribution in [0.1, 0.15) is 47.7 Å². The summed E-state index contributed by atoms with van der Waals surface area (Å²) in [5.74, 6) is 0.349. The summed E-state index contributed by atoms with van der Waals surface area (Å²) < 4.78 is 0.991. The lowest BCUT2D eigenvalue weighted by Crippen LogP contribution is -2.23. The number of hydrogen-bond donors (Lipinski definition) is 2. The molecule has 20 heavy (non-hydrogen) atoms. The zero-order chi connectivity index (χ0) is 14.7. The molecular weight excluding hydrogens is 334 g/mol. The van der Waals surface area contributed by atoms with Crippen LogP contribution in [0, 0.1) is 6.92 Å². The number of phenolic OH excluding ortho intramolecular Hbond substituents is 1. The summed E-state index contributed by atoms with van der Waals surface area (Å²) >= 11 is 5.29. The Morgan fingerprint density at radius 3 is 2.65 bits per heavy atom. The number of aryl methyl sites for hydroxylation is 1. The summed E-state index contributed by atoms with van der Waals surface area (Å²) in [4.78, 5) is 2.66. The van der Waals surface area contributed by atoms with E-state index in [0.717, 1.165) is 16.5 Å². The fraction of sp³-hybridized carbons (Fsp3) is 0.375. The van der Waals surface area contributed by atoms with Crippen LogP contribution in [0.5, 0.6) is 5.75 Å². The van der Waals surface area contributed by atoms with Crippen molar-refractivity contribution in [2.75, 3.05) is 0 Å². The van der Waals surface area contributed by atoms with Gasteiger partial charge in [-0.2, -0.15) is 0 Å². The second kappa shape index (κ2) is 6.74. The first-order chi connectivity index (χ1) is 9.51. The maximum Gasteiger partial charge on any atom is 0.120 e. The molecule has 4 heteroatoms. The topological polar surface area (TPSA) is 32.3 Å². The fourth-order valence-electron chi connectivity index (χ4n) is 2.30. The van der Waals surface area contributed by atoms with Gasteiger partial charge in [-0.25, -0.2) is 0 Å². The number of benzene rings is 1. The van der Waals surface area contributed by atoms with Crippen molar-refractivity contribution < 1.29 is 5.11 Å². The maximum absolute atomic E-state index is 10.1. The molecule has 0 spiro atoms. The minimum Gasteiger partial charge on any atom is -0.508 e. The molecule has 0 bridgehead atoms. The second-order valence-electron chi connectivity index (χ2n) is 5.00. The first-order valence-corrected chi connectivity index (χ1v) is 8.43. The predicted molar refractivity (Wildman–Crippen MR) is 89.4 cm³/mol. The van der Waals surface area contributed by atoms with Crippen LogP contribution in [0.3, 0.4) is 0 Å². The summed E-state index contributed by atoms with van der Waals surface area (Å²) in [6.07, 6.45) is 0.929.